The number of aromatic carboxylic acids is 1. The third-order valence-corrected chi connectivity index (χ3v) is 3.09. The van der Waals surface area contributed by atoms with E-state index in [2.05, 4.69) is 10.3 Å². The molecule has 0 fully saturated rings. The molecule has 100 valence electrons. The monoisotopic (exact) mass is 271 g/mol. The Labute approximate surface area is 113 Å². The van der Waals surface area contributed by atoms with Gasteiger partial charge in [-0.25, -0.2) is 13.9 Å². The number of hydrogen-bond donors (Lipinski definition) is 1. The number of aryl methyl sites for hydroxylation is 1. The second kappa shape index (κ2) is 4.41. The van der Waals surface area contributed by atoms with Crippen molar-refractivity contribution in [2.75, 3.05) is 0 Å². The normalized spacial score (nSPS) is 10.9. The predicted molar refractivity (Wildman–Crippen MR) is 70.5 cm³/mol. The van der Waals surface area contributed by atoms with Crippen LogP contribution in [0.5, 0.6) is 0 Å². The smallest absolute Gasteiger partial charge is 0.338 e. The van der Waals surface area contributed by atoms with E-state index in [0.717, 1.165) is 0 Å². The SMILES string of the molecule is Cc1cc(F)ccc1-n1nnc2c(C(=O)O)cccc21. The van der Waals surface area contributed by atoms with Gasteiger partial charge in [-0.2, -0.15) is 0 Å². The van der Waals surface area contributed by atoms with Crippen molar-refractivity contribution in [2.45, 2.75) is 6.92 Å². The number of fused-ring (bicyclic) bond motifs is 1. The number of aromatic nitrogens is 3. The first-order valence-electron chi connectivity index (χ1n) is 5.92. The summed E-state index contributed by atoms with van der Waals surface area (Å²) in [5.74, 6) is -1.39. The molecule has 0 aliphatic rings. The van der Waals surface area contributed by atoms with Crippen LogP contribution in [0.15, 0.2) is 36.4 Å². The van der Waals surface area contributed by atoms with Crippen molar-refractivity contribution in [3.8, 4) is 5.69 Å². The number of carboxylic acids is 1. The highest BCUT2D eigenvalue weighted by atomic mass is 19.1. The molecule has 5 nitrogen and oxygen atoms in total. The summed E-state index contributed by atoms with van der Waals surface area (Å²) in [6.07, 6.45) is 0. The van der Waals surface area contributed by atoms with E-state index in [-0.39, 0.29) is 11.4 Å². The second-order valence-corrected chi connectivity index (χ2v) is 4.41. The highest BCUT2D eigenvalue weighted by Crippen LogP contribution is 2.22. The largest absolute Gasteiger partial charge is 0.478 e. The highest BCUT2D eigenvalue weighted by molar-refractivity contribution is 6.00. The Morgan fingerprint density at radius 3 is 2.80 bits per heavy atom. The Kier molecular flexibility index (Phi) is 2.71. The fourth-order valence-corrected chi connectivity index (χ4v) is 2.15. The van der Waals surface area contributed by atoms with Crippen LogP contribution in [0.3, 0.4) is 0 Å². The zero-order valence-corrected chi connectivity index (χ0v) is 10.5. The molecule has 3 rings (SSSR count). The summed E-state index contributed by atoms with van der Waals surface area (Å²) in [6, 6.07) is 9.14. The minimum atomic E-state index is -1.06. The number of nitrogens with zero attached hydrogens (tertiary/aromatic N) is 3. The first kappa shape index (κ1) is 12.3. The number of hydrogen-bond acceptors (Lipinski definition) is 3. The van der Waals surface area contributed by atoms with Crippen LogP contribution in [0, 0.1) is 12.7 Å². The van der Waals surface area contributed by atoms with Gasteiger partial charge in [0, 0.05) is 0 Å². The zero-order chi connectivity index (χ0) is 14.3. The topological polar surface area (TPSA) is 68.0 Å². The molecule has 1 N–H and O–H groups in total. The van der Waals surface area contributed by atoms with Crippen molar-refractivity contribution in [3.05, 3.63) is 53.3 Å². The number of carbonyl (C=O) groups is 1. The molecule has 0 unspecified atom stereocenters. The third kappa shape index (κ3) is 1.82. The van der Waals surface area contributed by atoms with E-state index in [4.69, 9.17) is 5.11 Å². The van der Waals surface area contributed by atoms with E-state index in [1.807, 2.05) is 0 Å². The van der Waals surface area contributed by atoms with E-state index in [1.165, 1.54) is 22.9 Å². The lowest BCUT2D eigenvalue weighted by molar-refractivity contribution is 0.0699. The molecule has 6 heteroatoms. The summed E-state index contributed by atoms with van der Waals surface area (Å²) in [5.41, 5.74) is 2.32. The van der Waals surface area contributed by atoms with E-state index < -0.39 is 5.97 Å². The Bertz CT molecular complexity index is 826. The maximum atomic E-state index is 13.2. The van der Waals surface area contributed by atoms with Gasteiger partial charge in [-0.15, -0.1) is 5.10 Å². The molecule has 0 aliphatic carbocycles. The summed E-state index contributed by atoms with van der Waals surface area (Å²) < 4.78 is 14.7. The second-order valence-electron chi connectivity index (χ2n) is 4.41. The molecule has 1 aromatic heterocycles. The Morgan fingerprint density at radius 2 is 2.10 bits per heavy atom. The third-order valence-electron chi connectivity index (χ3n) is 3.09. The molecule has 0 bridgehead atoms. The molecule has 0 saturated heterocycles. The van der Waals surface area contributed by atoms with Crippen LogP contribution in [-0.2, 0) is 0 Å². The van der Waals surface area contributed by atoms with Crippen molar-refractivity contribution >= 4 is 17.0 Å². The van der Waals surface area contributed by atoms with E-state index in [1.54, 1.807) is 25.1 Å². The summed E-state index contributed by atoms with van der Waals surface area (Å²) in [5, 5.41) is 17.0. The van der Waals surface area contributed by atoms with Crippen LogP contribution in [0.1, 0.15) is 15.9 Å². The molecule has 0 saturated carbocycles. The number of halogens is 1. The minimum Gasteiger partial charge on any atom is -0.478 e. The predicted octanol–water partition coefficient (Wildman–Crippen LogP) is 2.57. The first-order valence-corrected chi connectivity index (χ1v) is 5.92. The summed E-state index contributed by atoms with van der Waals surface area (Å²) in [6.45, 7) is 1.76. The van der Waals surface area contributed by atoms with Gasteiger partial charge < -0.3 is 5.11 Å². The number of carboxylic acid groups (broad SMARTS) is 1. The van der Waals surface area contributed by atoms with Gasteiger partial charge in [-0.3, -0.25) is 0 Å². The molecule has 3 aromatic rings. The first-order chi connectivity index (χ1) is 9.58. The van der Waals surface area contributed by atoms with Gasteiger partial charge in [0.1, 0.15) is 11.3 Å². The maximum Gasteiger partial charge on any atom is 0.338 e. The van der Waals surface area contributed by atoms with E-state index in [0.29, 0.717) is 22.3 Å². The van der Waals surface area contributed by atoms with E-state index >= 15 is 0 Å². The van der Waals surface area contributed by atoms with Crippen LogP contribution in [0.25, 0.3) is 16.7 Å². The molecule has 0 aliphatic heterocycles. The molecule has 2 aromatic carbocycles. The lowest BCUT2D eigenvalue weighted by Crippen LogP contribution is -2.00. The maximum absolute atomic E-state index is 13.2. The summed E-state index contributed by atoms with van der Waals surface area (Å²) in [7, 11) is 0. The average molecular weight is 271 g/mol. The van der Waals surface area contributed by atoms with Crippen LogP contribution in [0.4, 0.5) is 4.39 Å². The van der Waals surface area contributed by atoms with Gasteiger partial charge in [0.15, 0.2) is 0 Å². The van der Waals surface area contributed by atoms with Crippen molar-refractivity contribution in [2.24, 2.45) is 0 Å². The van der Waals surface area contributed by atoms with Gasteiger partial charge in [0.25, 0.3) is 0 Å². The molecular weight excluding hydrogens is 261 g/mol. The Hall–Kier alpha value is -2.76. The quantitative estimate of drug-likeness (QED) is 0.777. The fraction of sp³-hybridized carbons (Fsp3) is 0.0714. The van der Waals surface area contributed by atoms with Gasteiger partial charge in [-0.1, -0.05) is 11.3 Å². The molecule has 0 radical (unpaired) electrons. The number of rotatable bonds is 2. The fourth-order valence-electron chi connectivity index (χ4n) is 2.15. The average Bonchev–Trinajstić information content (AvgIpc) is 2.82. The van der Waals surface area contributed by atoms with Crippen LogP contribution >= 0.6 is 0 Å². The van der Waals surface area contributed by atoms with Gasteiger partial charge in [0.05, 0.1) is 16.8 Å². The molecular formula is C14H10FN3O2. The van der Waals surface area contributed by atoms with Gasteiger partial charge in [-0.05, 0) is 42.8 Å². The molecule has 0 atom stereocenters. The van der Waals surface area contributed by atoms with Crippen molar-refractivity contribution in [3.63, 3.8) is 0 Å². The van der Waals surface area contributed by atoms with Crippen LogP contribution < -0.4 is 0 Å². The Balaban J connectivity index is 2.28. The molecule has 0 spiro atoms. The van der Waals surface area contributed by atoms with Crippen molar-refractivity contribution in [1.82, 2.24) is 15.0 Å². The Morgan fingerprint density at radius 1 is 1.30 bits per heavy atom. The molecule has 0 amide bonds. The lowest BCUT2D eigenvalue weighted by atomic mass is 10.1. The lowest BCUT2D eigenvalue weighted by Gasteiger charge is -2.06. The summed E-state index contributed by atoms with van der Waals surface area (Å²) >= 11 is 0. The zero-order valence-electron chi connectivity index (χ0n) is 10.5. The number of benzene rings is 2. The standard InChI is InChI=1S/C14H10FN3O2/c1-8-7-9(15)5-6-11(8)18-12-4-2-3-10(14(19)20)13(12)16-17-18/h2-7H,1H3,(H,19,20). The van der Waals surface area contributed by atoms with E-state index in [9.17, 15) is 9.18 Å². The van der Waals surface area contributed by atoms with Gasteiger partial charge >= 0.3 is 5.97 Å². The molecule has 20 heavy (non-hydrogen) atoms. The highest BCUT2D eigenvalue weighted by Gasteiger charge is 2.15. The minimum absolute atomic E-state index is 0.0912. The van der Waals surface area contributed by atoms with Crippen LogP contribution in [0.2, 0.25) is 0 Å². The van der Waals surface area contributed by atoms with Gasteiger partial charge in [0.2, 0.25) is 0 Å². The van der Waals surface area contributed by atoms with Crippen LogP contribution in [-0.4, -0.2) is 26.1 Å². The van der Waals surface area contributed by atoms with Crippen molar-refractivity contribution in [1.29, 1.82) is 0 Å². The van der Waals surface area contributed by atoms with Crippen molar-refractivity contribution < 1.29 is 14.3 Å². The molecule has 1 heterocycles. The summed E-state index contributed by atoms with van der Waals surface area (Å²) in [4.78, 5) is 11.1.